The summed E-state index contributed by atoms with van der Waals surface area (Å²) in [5.41, 5.74) is 0.794. The predicted octanol–water partition coefficient (Wildman–Crippen LogP) is 1.25. The molecule has 19 heavy (non-hydrogen) atoms. The van der Waals surface area contributed by atoms with Gasteiger partial charge in [-0.25, -0.2) is 0 Å². The number of hydrogen-bond donors (Lipinski definition) is 0. The summed E-state index contributed by atoms with van der Waals surface area (Å²) in [6.45, 7) is 0.144. The number of likely N-dealkylation sites (N-methyl/N-ethyl adjacent to an activating group) is 1. The van der Waals surface area contributed by atoms with Crippen LogP contribution >= 0.6 is 24.0 Å². The van der Waals surface area contributed by atoms with Crippen LogP contribution in [-0.2, 0) is 14.3 Å². The molecule has 0 aromatic heterocycles. The molecule has 7 heteroatoms. The quantitative estimate of drug-likeness (QED) is 0.434. The van der Waals surface area contributed by atoms with E-state index >= 15 is 0 Å². The van der Waals surface area contributed by atoms with E-state index in [1.807, 2.05) is 0 Å². The molecule has 0 bridgehead atoms. The Morgan fingerprint density at radius 2 is 2.05 bits per heavy atom. The van der Waals surface area contributed by atoms with E-state index in [4.69, 9.17) is 12.2 Å². The van der Waals surface area contributed by atoms with Gasteiger partial charge in [0.15, 0.2) is 0 Å². The fourth-order valence-electron chi connectivity index (χ4n) is 1.54. The molecule has 1 amide bonds. The topological polar surface area (TPSA) is 49.9 Å². The zero-order chi connectivity index (χ0) is 14.0. The zero-order valence-electron chi connectivity index (χ0n) is 10.5. The third-order valence-electron chi connectivity index (χ3n) is 2.65. The average molecular weight is 296 g/mol. The van der Waals surface area contributed by atoms with Gasteiger partial charge in [0, 0.05) is 19.4 Å². The van der Waals surface area contributed by atoms with E-state index in [-0.39, 0.29) is 18.4 Å². The Morgan fingerprint density at radius 3 is 2.53 bits per heavy atom. The lowest BCUT2D eigenvalue weighted by atomic mass is 10.2. The number of rotatable bonds is 2. The Morgan fingerprint density at radius 1 is 1.42 bits per heavy atom. The van der Waals surface area contributed by atoms with Crippen molar-refractivity contribution in [3.63, 3.8) is 0 Å². The van der Waals surface area contributed by atoms with Gasteiger partial charge in [-0.05, 0) is 17.7 Å². The number of ether oxygens (including phenoxy) is 1. The number of amides is 1. The van der Waals surface area contributed by atoms with Crippen LogP contribution in [0.4, 0.5) is 0 Å². The van der Waals surface area contributed by atoms with Crippen LogP contribution in [0.1, 0.15) is 0 Å². The minimum absolute atomic E-state index is 0.0966. The summed E-state index contributed by atoms with van der Waals surface area (Å²) in [6.07, 6.45) is 7.03. The molecule has 0 spiro atoms. The minimum Gasteiger partial charge on any atom is -0.468 e. The molecule has 2 aliphatic heterocycles. The Balaban J connectivity index is 2.13. The third kappa shape index (κ3) is 2.87. The number of allylic oxidation sites excluding steroid dienone is 3. The molecule has 0 atom stereocenters. The van der Waals surface area contributed by atoms with Gasteiger partial charge in [0.05, 0.1) is 12.0 Å². The Kier molecular flexibility index (Phi) is 4.06. The van der Waals surface area contributed by atoms with Crippen molar-refractivity contribution in [1.29, 1.82) is 0 Å². The Bertz CT molecular complexity index is 521. The van der Waals surface area contributed by atoms with E-state index in [2.05, 4.69) is 4.74 Å². The molecule has 0 aliphatic carbocycles. The zero-order valence-corrected chi connectivity index (χ0v) is 12.1. The SMILES string of the molecule is COC(=O)CN1C=CC(=C2SC(=S)N(C)C2=O)C=C1. The van der Waals surface area contributed by atoms with Crippen LogP contribution in [0.3, 0.4) is 0 Å². The minimum atomic E-state index is -0.322. The number of thioether (sulfide) groups is 1. The van der Waals surface area contributed by atoms with Gasteiger partial charge in [-0.3, -0.25) is 14.5 Å². The second-order valence-electron chi connectivity index (χ2n) is 3.90. The predicted molar refractivity (Wildman–Crippen MR) is 77.0 cm³/mol. The van der Waals surface area contributed by atoms with Crippen molar-refractivity contribution < 1.29 is 14.3 Å². The number of methoxy groups -OCH3 is 1. The van der Waals surface area contributed by atoms with Gasteiger partial charge in [-0.2, -0.15) is 0 Å². The smallest absolute Gasteiger partial charge is 0.325 e. The molecule has 5 nitrogen and oxygen atoms in total. The first-order valence-corrected chi connectivity index (χ1v) is 6.68. The number of carbonyl (C=O) groups excluding carboxylic acids is 2. The van der Waals surface area contributed by atoms with E-state index in [1.54, 1.807) is 36.5 Å². The first-order chi connectivity index (χ1) is 9.02. The molecule has 100 valence electrons. The van der Waals surface area contributed by atoms with Gasteiger partial charge in [-0.1, -0.05) is 24.0 Å². The first kappa shape index (κ1) is 13.8. The lowest BCUT2D eigenvalue weighted by Crippen LogP contribution is -2.23. The van der Waals surface area contributed by atoms with Crippen molar-refractivity contribution in [3.05, 3.63) is 35.0 Å². The number of thiocarbonyl (C=S) groups is 1. The highest BCUT2D eigenvalue weighted by molar-refractivity contribution is 8.26. The fraction of sp³-hybridized carbons (Fsp3) is 0.250. The summed E-state index contributed by atoms with van der Waals surface area (Å²) in [5, 5.41) is 0. The van der Waals surface area contributed by atoms with E-state index in [0.29, 0.717) is 9.23 Å². The van der Waals surface area contributed by atoms with Gasteiger partial charge in [0.2, 0.25) is 0 Å². The van der Waals surface area contributed by atoms with Crippen molar-refractivity contribution >= 4 is 40.2 Å². The van der Waals surface area contributed by atoms with Gasteiger partial charge in [-0.15, -0.1) is 0 Å². The van der Waals surface area contributed by atoms with Crippen molar-refractivity contribution in [2.24, 2.45) is 0 Å². The van der Waals surface area contributed by atoms with Crippen molar-refractivity contribution in [2.75, 3.05) is 20.7 Å². The van der Waals surface area contributed by atoms with Crippen LogP contribution in [0.5, 0.6) is 0 Å². The highest BCUT2D eigenvalue weighted by Crippen LogP contribution is 2.33. The first-order valence-electron chi connectivity index (χ1n) is 5.46. The molecule has 2 heterocycles. The molecule has 0 radical (unpaired) electrons. The van der Waals surface area contributed by atoms with Crippen LogP contribution < -0.4 is 0 Å². The number of carbonyl (C=O) groups is 2. The van der Waals surface area contributed by atoms with Crippen LogP contribution in [0.15, 0.2) is 35.0 Å². The van der Waals surface area contributed by atoms with Crippen molar-refractivity contribution in [1.82, 2.24) is 9.80 Å². The molecule has 0 unspecified atom stereocenters. The monoisotopic (exact) mass is 296 g/mol. The molecule has 0 N–H and O–H groups in total. The Hall–Kier alpha value is -1.60. The van der Waals surface area contributed by atoms with E-state index in [1.165, 1.54) is 23.8 Å². The molecular formula is C12H12N2O3S2. The maximum Gasteiger partial charge on any atom is 0.325 e. The summed E-state index contributed by atoms with van der Waals surface area (Å²) in [5.74, 6) is -0.418. The Labute approximate surface area is 120 Å². The standard InChI is InChI=1S/C12H12N2O3S2/c1-13-11(16)10(19-12(13)18)8-3-5-14(6-4-8)7-9(15)17-2/h3-6H,7H2,1-2H3. The lowest BCUT2D eigenvalue weighted by molar-refractivity contribution is -0.140. The molecule has 0 aromatic rings. The van der Waals surface area contributed by atoms with Crippen molar-refractivity contribution in [3.8, 4) is 0 Å². The summed E-state index contributed by atoms with van der Waals surface area (Å²) in [4.78, 5) is 26.8. The van der Waals surface area contributed by atoms with E-state index < -0.39 is 0 Å². The number of nitrogens with zero attached hydrogens (tertiary/aromatic N) is 2. The largest absolute Gasteiger partial charge is 0.468 e. The molecule has 1 fully saturated rings. The van der Waals surface area contributed by atoms with E-state index in [0.717, 1.165) is 5.57 Å². The summed E-state index contributed by atoms with van der Waals surface area (Å²) in [6, 6.07) is 0. The van der Waals surface area contributed by atoms with Crippen LogP contribution in [0.2, 0.25) is 0 Å². The highest BCUT2D eigenvalue weighted by atomic mass is 32.2. The summed E-state index contributed by atoms with van der Waals surface area (Å²) >= 11 is 6.36. The third-order valence-corrected chi connectivity index (χ3v) is 4.24. The van der Waals surface area contributed by atoms with Crippen LogP contribution in [-0.4, -0.2) is 46.7 Å². The van der Waals surface area contributed by atoms with Crippen LogP contribution in [0.25, 0.3) is 0 Å². The van der Waals surface area contributed by atoms with Crippen molar-refractivity contribution in [2.45, 2.75) is 0 Å². The van der Waals surface area contributed by atoms with Gasteiger partial charge in [0.1, 0.15) is 10.9 Å². The lowest BCUT2D eigenvalue weighted by Gasteiger charge is -2.17. The second-order valence-corrected chi connectivity index (χ2v) is 5.54. The van der Waals surface area contributed by atoms with Gasteiger partial charge in [0.25, 0.3) is 5.91 Å². The van der Waals surface area contributed by atoms with E-state index in [9.17, 15) is 9.59 Å². The van der Waals surface area contributed by atoms with Crippen LogP contribution in [0, 0.1) is 0 Å². The molecular weight excluding hydrogens is 284 g/mol. The summed E-state index contributed by atoms with van der Waals surface area (Å²) < 4.78 is 5.13. The number of hydrogen-bond acceptors (Lipinski definition) is 6. The maximum absolute atomic E-state index is 11.9. The average Bonchev–Trinajstić information content (AvgIpc) is 2.67. The molecule has 2 rings (SSSR count). The molecule has 2 aliphatic rings. The molecule has 1 saturated heterocycles. The van der Waals surface area contributed by atoms with Gasteiger partial charge >= 0.3 is 5.97 Å². The highest BCUT2D eigenvalue weighted by Gasteiger charge is 2.30. The molecule has 0 saturated carbocycles. The molecule has 0 aromatic carbocycles. The number of esters is 1. The summed E-state index contributed by atoms with van der Waals surface area (Å²) in [7, 11) is 3.00. The normalized spacial score (nSPS) is 18.6. The fourth-order valence-corrected chi connectivity index (χ4v) is 2.75. The second kappa shape index (κ2) is 5.58. The van der Waals surface area contributed by atoms with Gasteiger partial charge < -0.3 is 9.64 Å². The maximum atomic E-state index is 11.9.